The molecule has 1 N–H and O–H groups in total. The summed E-state index contributed by atoms with van der Waals surface area (Å²) in [5, 5.41) is 4.18. The number of aromatic nitrogens is 4. The molecule has 1 saturated carbocycles. The fourth-order valence-electron chi connectivity index (χ4n) is 1.89. The van der Waals surface area contributed by atoms with Crippen molar-refractivity contribution in [2.24, 2.45) is 13.0 Å². The summed E-state index contributed by atoms with van der Waals surface area (Å²) >= 11 is 0. The highest BCUT2D eigenvalue weighted by molar-refractivity contribution is 5.73. The van der Waals surface area contributed by atoms with E-state index in [4.69, 9.17) is 0 Å². The highest BCUT2D eigenvalue weighted by Crippen LogP contribution is 2.30. The first-order chi connectivity index (χ1) is 9.66. The molecular formula is C14H24N4O2. The van der Waals surface area contributed by atoms with Gasteiger partial charge in [-0.1, -0.05) is 27.7 Å². The third-order valence-corrected chi connectivity index (χ3v) is 3.05. The summed E-state index contributed by atoms with van der Waals surface area (Å²) in [5.74, 6) is 0.639. The third-order valence-electron chi connectivity index (χ3n) is 3.05. The first-order valence-corrected chi connectivity index (χ1v) is 7.31. The lowest BCUT2D eigenvalue weighted by Crippen LogP contribution is -2.29. The molecule has 1 fully saturated rings. The second-order valence-electron chi connectivity index (χ2n) is 4.32. The zero-order chi connectivity index (χ0) is 15.3. The van der Waals surface area contributed by atoms with E-state index >= 15 is 0 Å². The van der Waals surface area contributed by atoms with Gasteiger partial charge in [-0.2, -0.15) is 5.10 Å². The van der Waals surface area contributed by atoms with Crippen LogP contribution in [0.2, 0.25) is 0 Å². The van der Waals surface area contributed by atoms with Crippen LogP contribution >= 0.6 is 0 Å². The van der Waals surface area contributed by atoms with Crippen molar-refractivity contribution < 1.29 is 0 Å². The molecule has 0 spiro atoms. The molecule has 1 aliphatic carbocycles. The van der Waals surface area contributed by atoms with Gasteiger partial charge in [0.05, 0.1) is 11.7 Å². The summed E-state index contributed by atoms with van der Waals surface area (Å²) in [5.41, 5.74) is 0.336. The molecule has 112 valence electrons. The maximum atomic E-state index is 11.7. The van der Waals surface area contributed by atoms with Crippen molar-refractivity contribution in [3.8, 4) is 0 Å². The second kappa shape index (κ2) is 7.07. The fraction of sp³-hybridized carbons (Fsp3) is 0.643. The van der Waals surface area contributed by atoms with Gasteiger partial charge >= 0.3 is 5.69 Å². The lowest BCUT2D eigenvalue weighted by molar-refractivity contribution is 0.578. The van der Waals surface area contributed by atoms with Crippen LogP contribution in [0, 0.1) is 5.92 Å². The van der Waals surface area contributed by atoms with Crippen molar-refractivity contribution in [2.75, 3.05) is 0 Å². The SMILES string of the molecule is CC.CC.Cn1c(=O)[nH]c(=O)c2c1cnn2CC1CC1. The number of rotatable bonds is 2. The van der Waals surface area contributed by atoms with Crippen molar-refractivity contribution in [2.45, 2.75) is 47.1 Å². The van der Waals surface area contributed by atoms with Crippen LogP contribution in [0.15, 0.2) is 15.8 Å². The molecule has 0 atom stereocenters. The molecule has 0 saturated heterocycles. The molecule has 20 heavy (non-hydrogen) atoms. The third kappa shape index (κ3) is 3.18. The van der Waals surface area contributed by atoms with E-state index in [0.29, 0.717) is 17.0 Å². The lowest BCUT2D eigenvalue weighted by Gasteiger charge is -2.01. The van der Waals surface area contributed by atoms with Gasteiger partial charge in [-0.3, -0.25) is 19.0 Å². The van der Waals surface area contributed by atoms with Gasteiger partial charge in [-0.25, -0.2) is 4.79 Å². The summed E-state index contributed by atoms with van der Waals surface area (Å²) in [6.45, 7) is 8.77. The number of hydrogen-bond donors (Lipinski definition) is 1. The minimum absolute atomic E-state index is 0.351. The Morgan fingerprint density at radius 1 is 1.25 bits per heavy atom. The molecule has 0 aliphatic heterocycles. The van der Waals surface area contributed by atoms with E-state index in [1.165, 1.54) is 17.4 Å². The molecule has 2 aromatic heterocycles. The summed E-state index contributed by atoms with van der Waals surface area (Å²) in [6.07, 6.45) is 3.98. The maximum Gasteiger partial charge on any atom is 0.328 e. The van der Waals surface area contributed by atoms with E-state index in [1.807, 2.05) is 27.7 Å². The topological polar surface area (TPSA) is 72.7 Å². The molecule has 3 rings (SSSR count). The van der Waals surface area contributed by atoms with Gasteiger partial charge in [0, 0.05) is 13.6 Å². The van der Waals surface area contributed by atoms with Crippen LogP contribution in [0.1, 0.15) is 40.5 Å². The molecule has 0 unspecified atom stereocenters. The monoisotopic (exact) mass is 280 g/mol. The summed E-state index contributed by atoms with van der Waals surface area (Å²) in [7, 11) is 1.63. The zero-order valence-electron chi connectivity index (χ0n) is 12.9. The van der Waals surface area contributed by atoms with Gasteiger partial charge in [0.15, 0.2) is 5.52 Å². The average molecular weight is 280 g/mol. The molecule has 0 radical (unpaired) electrons. The van der Waals surface area contributed by atoms with E-state index in [9.17, 15) is 9.59 Å². The van der Waals surface area contributed by atoms with E-state index in [0.717, 1.165) is 6.54 Å². The molecule has 6 heteroatoms. The standard InChI is InChI=1S/C10H12N4O2.2C2H6/c1-13-7-4-11-14(5-6-2-3-6)8(7)9(15)12-10(13)16;2*1-2/h4,6H,2-3,5H2,1H3,(H,12,15,16);2*1-2H3. The summed E-state index contributed by atoms with van der Waals surface area (Å²) < 4.78 is 3.11. The molecule has 1 aliphatic rings. The van der Waals surface area contributed by atoms with Gasteiger partial charge in [-0.05, 0) is 18.8 Å². The van der Waals surface area contributed by atoms with Gasteiger partial charge in [0.1, 0.15) is 0 Å². The quantitative estimate of drug-likeness (QED) is 0.913. The van der Waals surface area contributed by atoms with Crippen LogP contribution in [0.5, 0.6) is 0 Å². The van der Waals surface area contributed by atoms with Crippen molar-refractivity contribution in [1.82, 2.24) is 19.3 Å². The van der Waals surface area contributed by atoms with Crippen molar-refractivity contribution in [3.63, 3.8) is 0 Å². The maximum absolute atomic E-state index is 11.7. The van der Waals surface area contributed by atoms with Crippen LogP contribution in [-0.4, -0.2) is 19.3 Å². The Morgan fingerprint density at radius 2 is 1.85 bits per heavy atom. The van der Waals surface area contributed by atoms with Crippen molar-refractivity contribution >= 4 is 11.0 Å². The number of nitrogens with zero attached hydrogens (tertiary/aromatic N) is 3. The largest absolute Gasteiger partial charge is 0.328 e. The zero-order valence-corrected chi connectivity index (χ0v) is 12.9. The van der Waals surface area contributed by atoms with Crippen LogP contribution in [0.4, 0.5) is 0 Å². The minimum atomic E-state index is -0.400. The smallest absolute Gasteiger partial charge is 0.293 e. The Hall–Kier alpha value is -1.85. The Kier molecular flexibility index (Phi) is 5.73. The van der Waals surface area contributed by atoms with Crippen LogP contribution < -0.4 is 11.2 Å². The highest BCUT2D eigenvalue weighted by Gasteiger charge is 2.23. The van der Waals surface area contributed by atoms with Crippen LogP contribution in [0.3, 0.4) is 0 Å². The number of aryl methyl sites for hydroxylation is 1. The average Bonchev–Trinajstić information content (AvgIpc) is 3.18. The molecule has 0 aromatic carbocycles. The Morgan fingerprint density at radius 3 is 2.40 bits per heavy atom. The molecule has 0 bridgehead atoms. The molecule has 6 nitrogen and oxygen atoms in total. The number of H-pyrrole nitrogens is 1. The summed E-state index contributed by atoms with van der Waals surface area (Å²) in [4.78, 5) is 25.4. The molecule has 0 amide bonds. The highest BCUT2D eigenvalue weighted by atomic mass is 16.2. The first-order valence-electron chi connectivity index (χ1n) is 7.31. The van der Waals surface area contributed by atoms with Gasteiger partial charge in [0.25, 0.3) is 5.56 Å². The normalized spacial score (nSPS) is 13.2. The first kappa shape index (κ1) is 16.2. The Bertz CT molecular complexity index is 662. The van der Waals surface area contributed by atoms with E-state index in [-0.39, 0.29) is 5.56 Å². The van der Waals surface area contributed by atoms with Crippen molar-refractivity contribution in [1.29, 1.82) is 0 Å². The van der Waals surface area contributed by atoms with Crippen LogP contribution in [-0.2, 0) is 13.6 Å². The summed E-state index contributed by atoms with van der Waals surface area (Å²) in [6, 6.07) is 0. The van der Waals surface area contributed by atoms with Crippen LogP contribution in [0.25, 0.3) is 11.0 Å². The van der Waals surface area contributed by atoms with Crippen molar-refractivity contribution in [3.05, 3.63) is 27.0 Å². The minimum Gasteiger partial charge on any atom is -0.293 e. The lowest BCUT2D eigenvalue weighted by atomic mass is 10.4. The fourth-order valence-corrected chi connectivity index (χ4v) is 1.89. The molecule has 2 aromatic rings. The van der Waals surface area contributed by atoms with Gasteiger partial charge < -0.3 is 0 Å². The number of hydrogen-bond acceptors (Lipinski definition) is 3. The molecular weight excluding hydrogens is 256 g/mol. The molecule has 2 heterocycles. The van der Waals surface area contributed by atoms with E-state index in [2.05, 4.69) is 10.1 Å². The van der Waals surface area contributed by atoms with E-state index in [1.54, 1.807) is 17.9 Å². The predicted molar refractivity (Wildman–Crippen MR) is 81.0 cm³/mol. The number of nitrogens with one attached hydrogen (secondary N) is 1. The second-order valence-corrected chi connectivity index (χ2v) is 4.32. The predicted octanol–water partition coefficient (Wildman–Crippen LogP) is 1.89. The Balaban J connectivity index is 0.000000461. The van der Waals surface area contributed by atoms with Gasteiger partial charge in [0.2, 0.25) is 0 Å². The van der Waals surface area contributed by atoms with Gasteiger partial charge in [-0.15, -0.1) is 0 Å². The Labute approximate surface area is 118 Å². The number of aromatic amines is 1. The number of fused-ring (bicyclic) bond motifs is 1. The van der Waals surface area contributed by atoms with E-state index < -0.39 is 5.69 Å².